The zero-order valence-electron chi connectivity index (χ0n) is 8.32. The fraction of sp³-hybridized carbons (Fsp3) is 0.364. The van der Waals surface area contributed by atoms with E-state index in [4.69, 9.17) is 5.11 Å². The van der Waals surface area contributed by atoms with Gasteiger partial charge < -0.3 is 5.11 Å². The Morgan fingerprint density at radius 2 is 1.86 bits per heavy atom. The minimum absolute atomic E-state index is 0.538. The smallest absolute Gasteiger partial charge is 0.309 e. The molecule has 0 amide bonds. The van der Waals surface area contributed by atoms with E-state index in [2.05, 4.69) is 12.6 Å². The molecule has 0 aliphatic rings. The number of aliphatic carboxylic acids is 1. The second-order valence-electron chi connectivity index (χ2n) is 4.03. The first-order valence-electron chi connectivity index (χ1n) is 4.43. The average Bonchev–Trinajstić information content (AvgIpc) is 2.08. The van der Waals surface area contributed by atoms with Crippen LogP contribution in [0.5, 0.6) is 0 Å². The van der Waals surface area contributed by atoms with Gasteiger partial charge in [0.05, 0.1) is 5.41 Å². The van der Waals surface area contributed by atoms with Crippen LogP contribution >= 0.6 is 12.6 Å². The van der Waals surface area contributed by atoms with E-state index in [1.807, 2.05) is 24.3 Å². The standard InChI is InChI=1S/C11H14O2S/c1-11(2,10(12)13)7-8-3-5-9(14)6-4-8/h3-6,14H,7H2,1-2H3,(H,12,13). The summed E-state index contributed by atoms with van der Waals surface area (Å²) in [6, 6.07) is 7.56. The van der Waals surface area contributed by atoms with Crippen molar-refractivity contribution in [1.82, 2.24) is 0 Å². The zero-order valence-corrected chi connectivity index (χ0v) is 9.21. The lowest BCUT2D eigenvalue weighted by atomic mass is 9.86. The van der Waals surface area contributed by atoms with Gasteiger partial charge in [0.15, 0.2) is 0 Å². The highest BCUT2D eigenvalue weighted by Crippen LogP contribution is 2.22. The highest BCUT2D eigenvalue weighted by Gasteiger charge is 2.27. The number of thiol groups is 1. The van der Waals surface area contributed by atoms with Gasteiger partial charge >= 0.3 is 5.97 Å². The molecular weight excluding hydrogens is 196 g/mol. The summed E-state index contributed by atoms with van der Waals surface area (Å²) in [5, 5.41) is 8.94. The number of hydrogen-bond donors (Lipinski definition) is 2. The summed E-state index contributed by atoms with van der Waals surface area (Å²) in [5.74, 6) is -0.771. The predicted octanol–water partition coefficient (Wildman–Crippen LogP) is 2.63. The first-order valence-corrected chi connectivity index (χ1v) is 4.88. The largest absolute Gasteiger partial charge is 0.481 e. The monoisotopic (exact) mass is 210 g/mol. The van der Waals surface area contributed by atoms with Crippen LogP contribution in [0.25, 0.3) is 0 Å². The van der Waals surface area contributed by atoms with E-state index in [-0.39, 0.29) is 0 Å². The molecule has 1 N–H and O–H groups in total. The normalized spacial score (nSPS) is 11.4. The second kappa shape index (κ2) is 4.05. The van der Waals surface area contributed by atoms with Gasteiger partial charge in [0.1, 0.15) is 0 Å². The Morgan fingerprint density at radius 1 is 1.36 bits per heavy atom. The summed E-state index contributed by atoms with van der Waals surface area (Å²) in [4.78, 5) is 11.8. The molecule has 1 aromatic carbocycles. The Morgan fingerprint density at radius 3 is 2.29 bits per heavy atom. The van der Waals surface area contributed by atoms with E-state index >= 15 is 0 Å². The molecule has 0 saturated heterocycles. The summed E-state index contributed by atoms with van der Waals surface area (Å²) < 4.78 is 0. The molecule has 14 heavy (non-hydrogen) atoms. The Hall–Kier alpha value is -0.960. The molecule has 0 aromatic heterocycles. The molecule has 0 bridgehead atoms. The molecule has 1 aromatic rings. The molecule has 0 saturated carbocycles. The summed E-state index contributed by atoms with van der Waals surface area (Å²) >= 11 is 4.17. The van der Waals surface area contributed by atoms with Crippen LogP contribution in [-0.2, 0) is 11.2 Å². The topological polar surface area (TPSA) is 37.3 Å². The van der Waals surface area contributed by atoms with Crippen molar-refractivity contribution >= 4 is 18.6 Å². The number of carbonyl (C=O) groups is 1. The van der Waals surface area contributed by atoms with Crippen molar-refractivity contribution in [1.29, 1.82) is 0 Å². The van der Waals surface area contributed by atoms with Crippen molar-refractivity contribution in [2.75, 3.05) is 0 Å². The van der Waals surface area contributed by atoms with Crippen LogP contribution in [0, 0.1) is 5.41 Å². The van der Waals surface area contributed by atoms with E-state index in [1.165, 1.54) is 0 Å². The molecule has 2 nitrogen and oxygen atoms in total. The van der Waals surface area contributed by atoms with Gasteiger partial charge in [-0.05, 0) is 38.0 Å². The van der Waals surface area contributed by atoms with Crippen LogP contribution in [0.4, 0.5) is 0 Å². The van der Waals surface area contributed by atoms with Gasteiger partial charge in [-0.2, -0.15) is 0 Å². The zero-order chi connectivity index (χ0) is 10.8. The van der Waals surface area contributed by atoms with Crippen LogP contribution in [0.3, 0.4) is 0 Å². The first kappa shape index (κ1) is 11.1. The van der Waals surface area contributed by atoms with Gasteiger partial charge in [-0.25, -0.2) is 0 Å². The maximum absolute atomic E-state index is 10.9. The molecule has 3 heteroatoms. The number of rotatable bonds is 3. The average molecular weight is 210 g/mol. The Balaban J connectivity index is 2.79. The summed E-state index contributed by atoms with van der Waals surface area (Å²) in [7, 11) is 0. The molecule has 0 heterocycles. The lowest BCUT2D eigenvalue weighted by Crippen LogP contribution is -2.26. The third kappa shape index (κ3) is 2.77. The Kier molecular flexibility index (Phi) is 3.21. The molecule has 0 aliphatic heterocycles. The maximum Gasteiger partial charge on any atom is 0.309 e. The number of carboxylic acid groups (broad SMARTS) is 1. The Bertz CT molecular complexity index is 328. The van der Waals surface area contributed by atoms with Crippen molar-refractivity contribution in [2.24, 2.45) is 5.41 Å². The van der Waals surface area contributed by atoms with E-state index in [0.29, 0.717) is 6.42 Å². The minimum Gasteiger partial charge on any atom is -0.481 e. The predicted molar refractivity (Wildman–Crippen MR) is 58.8 cm³/mol. The van der Waals surface area contributed by atoms with Crippen molar-refractivity contribution in [3.8, 4) is 0 Å². The number of carboxylic acids is 1. The third-order valence-corrected chi connectivity index (χ3v) is 2.46. The summed E-state index contributed by atoms with van der Waals surface area (Å²) in [5.41, 5.74) is 0.313. The van der Waals surface area contributed by atoms with Crippen molar-refractivity contribution in [2.45, 2.75) is 25.2 Å². The van der Waals surface area contributed by atoms with Gasteiger partial charge in [-0.15, -0.1) is 12.6 Å². The number of benzene rings is 1. The van der Waals surface area contributed by atoms with E-state index in [0.717, 1.165) is 10.5 Å². The Labute approximate surface area is 89.4 Å². The van der Waals surface area contributed by atoms with Crippen molar-refractivity contribution in [3.63, 3.8) is 0 Å². The highest BCUT2D eigenvalue weighted by atomic mass is 32.1. The lowest BCUT2D eigenvalue weighted by molar-refractivity contribution is -0.146. The summed E-state index contributed by atoms with van der Waals surface area (Å²) in [6.45, 7) is 3.45. The number of hydrogen-bond acceptors (Lipinski definition) is 2. The molecule has 1 rings (SSSR count). The SMILES string of the molecule is CC(C)(Cc1ccc(S)cc1)C(=O)O. The fourth-order valence-corrected chi connectivity index (χ4v) is 1.35. The molecular formula is C11H14O2S. The minimum atomic E-state index is -0.771. The van der Waals surface area contributed by atoms with Crippen LogP contribution in [0.2, 0.25) is 0 Å². The molecule has 0 fully saturated rings. The van der Waals surface area contributed by atoms with Crippen molar-refractivity contribution < 1.29 is 9.90 Å². The third-order valence-electron chi connectivity index (χ3n) is 2.16. The highest BCUT2D eigenvalue weighted by molar-refractivity contribution is 7.80. The van der Waals surface area contributed by atoms with Gasteiger partial charge in [0.2, 0.25) is 0 Å². The van der Waals surface area contributed by atoms with E-state index in [1.54, 1.807) is 13.8 Å². The molecule has 0 radical (unpaired) electrons. The molecule has 0 spiro atoms. The summed E-state index contributed by atoms with van der Waals surface area (Å²) in [6.07, 6.45) is 0.538. The van der Waals surface area contributed by atoms with Crippen LogP contribution in [-0.4, -0.2) is 11.1 Å². The molecule has 0 aliphatic carbocycles. The van der Waals surface area contributed by atoms with Gasteiger partial charge in [-0.3, -0.25) is 4.79 Å². The van der Waals surface area contributed by atoms with Gasteiger partial charge in [0.25, 0.3) is 0 Å². The first-order chi connectivity index (χ1) is 6.42. The van der Waals surface area contributed by atoms with E-state index in [9.17, 15) is 4.79 Å². The molecule has 76 valence electrons. The second-order valence-corrected chi connectivity index (χ2v) is 4.55. The van der Waals surface area contributed by atoms with Gasteiger partial charge in [-0.1, -0.05) is 12.1 Å². The van der Waals surface area contributed by atoms with Crippen LogP contribution in [0.1, 0.15) is 19.4 Å². The van der Waals surface area contributed by atoms with Crippen LogP contribution in [0.15, 0.2) is 29.2 Å². The quantitative estimate of drug-likeness (QED) is 0.752. The molecule has 0 atom stereocenters. The van der Waals surface area contributed by atoms with Crippen molar-refractivity contribution in [3.05, 3.63) is 29.8 Å². The van der Waals surface area contributed by atoms with Crippen LogP contribution < -0.4 is 0 Å². The van der Waals surface area contributed by atoms with Gasteiger partial charge in [0, 0.05) is 4.90 Å². The van der Waals surface area contributed by atoms with E-state index < -0.39 is 11.4 Å². The fourth-order valence-electron chi connectivity index (χ4n) is 1.20. The molecule has 0 unspecified atom stereocenters. The lowest BCUT2D eigenvalue weighted by Gasteiger charge is -2.18. The maximum atomic E-state index is 10.9.